The Morgan fingerprint density at radius 2 is 2.37 bits per heavy atom. The number of aromatic nitrogens is 2. The van der Waals surface area contributed by atoms with E-state index in [0.29, 0.717) is 11.8 Å². The fraction of sp³-hybridized carbons (Fsp3) is 0.385. The van der Waals surface area contributed by atoms with Gasteiger partial charge >= 0.3 is 0 Å². The van der Waals surface area contributed by atoms with Crippen molar-refractivity contribution in [1.29, 1.82) is 0 Å². The first-order chi connectivity index (χ1) is 9.40. The normalized spacial score (nSPS) is 20.1. The van der Waals surface area contributed by atoms with Crippen molar-refractivity contribution in [3.63, 3.8) is 0 Å². The van der Waals surface area contributed by atoms with E-state index in [1.165, 1.54) is 15.8 Å². The van der Waals surface area contributed by atoms with Crippen molar-refractivity contribution in [2.75, 3.05) is 13.1 Å². The Labute approximate surface area is 118 Å². The lowest BCUT2D eigenvalue weighted by Gasteiger charge is -2.19. The maximum atomic E-state index is 5.43. The predicted octanol–water partition coefficient (Wildman–Crippen LogP) is 3.48. The second-order valence-electron chi connectivity index (χ2n) is 4.76. The summed E-state index contributed by atoms with van der Waals surface area (Å²) in [4.78, 5) is 5.65. The Hall–Kier alpha value is -1.24. The number of hydrogen-bond acceptors (Lipinski definition) is 6. The summed E-state index contributed by atoms with van der Waals surface area (Å²) in [7, 11) is 0. The van der Waals surface area contributed by atoms with Gasteiger partial charge in [0.05, 0.1) is 4.88 Å². The zero-order valence-electron chi connectivity index (χ0n) is 10.3. The van der Waals surface area contributed by atoms with Gasteiger partial charge in [0.2, 0.25) is 0 Å². The van der Waals surface area contributed by atoms with Gasteiger partial charge in [0, 0.05) is 21.9 Å². The minimum absolute atomic E-state index is 0.396. The Kier molecular flexibility index (Phi) is 2.86. The van der Waals surface area contributed by atoms with Crippen LogP contribution in [0.1, 0.15) is 24.6 Å². The summed E-state index contributed by atoms with van der Waals surface area (Å²) in [6, 6.07) is 4.28. The van der Waals surface area contributed by atoms with Crippen LogP contribution in [0.25, 0.3) is 20.2 Å². The van der Waals surface area contributed by atoms with Gasteiger partial charge in [-0.25, -0.2) is 0 Å². The molecule has 19 heavy (non-hydrogen) atoms. The van der Waals surface area contributed by atoms with Gasteiger partial charge in [-0.05, 0) is 36.9 Å². The standard InChI is InChI=1S/C13H13N3OS2/c1-2-8(7-14-4-1)12-15-13(17-16-12)11-6-10-9(19-11)3-5-18-10/h3,5-6,8,14H,1-2,4,7H2. The largest absolute Gasteiger partial charge is 0.333 e. The molecule has 0 aliphatic carbocycles. The first-order valence-electron chi connectivity index (χ1n) is 6.42. The van der Waals surface area contributed by atoms with Crippen molar-refractivity contribution < 1.29 is 4.52 Å². The van der Waals surface area contributed by atoms with Gasteiger partial charge in [-0.3, -0.25) is 0 Å². The Bertz CT molecular complexity index is 665. The van der Waals surface area contributed by atoms with Gasteiger partial charge in [0.25, 0.3) is 5.89 Å². The lowest BCUT2D eigenvalue weighted by atomic mass is 9.99. The molecule has 1 aliphatic rings. The molecule has 0 aromatic carbocycles. The van der Waals surface area contributed by atoms with Crippen molar-refractivity contribution in [2.45, 2.75) is 18.8 Å². The highest BCUT2D eigenvalue weighted by atomic mass is 32.1. The molecule has 1 atom stereocenters. The average molecular weight is 291 g/mol. The molecule has 3 aromatic heterocycles. The van der Waals surface area contributed by atoms with E-state index < -0.39 is 0 Å². The molecule has 1 aliphatic heterocycles. The molecule has 4 heterocycles. The summed E-state index contributed by atoms with van der Waals surface area (Å²) < 4.78 is 8.01. The SMILES string of the molecule is c1cc2sc(-c3nc(C4CCCNC4)no3)cc2s1. The lowest BCUT2D eigenvalue weighted by Crippen LogP contribution is -2.28. The monoisotopic (exact) mass is 291 g/mol. The van der Waals surface area contributed by atoms with E-state index >= 15 is 0 Å². The lowest BCUT2D eigenvalue weighted by molar-refractivity contribution is 0.393. The molecule has 98 valence electrons. The van der Waals surface area contributed by atoms with Crippen LogP contribution in [-0.2, 0) is 0 Å². The summed E-state index contributed by atoms with van der Waals surface area (Å²) in [6.45, 7) is 2.06. The molecule has 0 bridgehead atoms. The van der Waals surface area contributed by atoms with Crippen LogP contribution in [0.2, 0.25) is 0 Å². The molecule has 1 saturated heterocycles. The first kappa shape index (κ1) is 11.6. The van der Waals surface area contributed by atoms with Gasteiger partial charge in [0.15, 0.2) is 5.82 Å². The summed E-state index contributed by atoms with van der Waals surface area (Å²) in [5, 5.41) is 9.65. The molecule has 0 radical (unpaired) electrons. The van der Waals surface area contributed by atoms with E-state index in [0.717, 1.165) is 30.2 Å². The van der Waals surface area contributed by atoms with E-state index in [1.54, 1.807) is 22.7 Å². The first-order valence-corrected chi connectivity index (χ1v) is 8.11. The molecule has 1 N–H and O–H groups in total. The molecule has 3 aromatic rings. The number of nitrogens with one attached hydrogen (secondary N) is 1. The molecule has 1 unspecified atom stereocenters. The second kappa shape index (κ2) is 4.70. The number of piperidine rings is 1. The number of fused-ring (bicyclic) bond motifs is 1. The van der Waals surface area contributed by atoms with Crippen molar-refractivity contribution in [1.82, 2.24) is 15.5 Å². The van der Waals surface area contributed by atoms with Crippen molar-refractivity contribution in [3.05, 3.63) is 23.3 Å². The molecule has 4 nitrogen and oxygen atoms in total. The highest BCUT2D eigenvalue weighted by Crippen LogP contribution is 2.36. The Morgan fingerprint density at radius 1 is 1.37 bits per heavy atom. The fourth-order valence-electron chi connectivity index (χ4n) is 2.44. The summed E-state index contributed by atoms with van der Waals surface area (Å²) in [5.74, 6) is 1.90. The van der Waals surface area contributed by atoms with Crippen molar-refractivity contribution >= 4 is 32.1 Å². The van der Waals surface area contributed by atoms with Crippen LogP contribution in [0.5, 0.6) is 0 Å². The van der Waals surface area contributed by atoms with Crippen molar-refractivity contribution in [3.8, 4) is 10.8 Å². The van der Waals surface area contributed by atoms with Gasteiger partial charge < -0.3 is 9.84 Å². The maximum Gasteiger partial charge on any atom is 0.268 e. The molecule has 6 heteroatoms. The van der Waals surface area contributed by atoms with Crippen molar-refractivity contribution in [2.24, 2.45) is 0 Å². The van der Waals surface area contributed by atoms with Gasteiger partial charge in [-0.1, -0.05) is 5.16 Å². The minimum atomic E-state index is 0.396. The van der Waals surface area contributed by atoms with E-state index in [1.807, 2.05) is 0 Å². The highest BCUT2D eigenvalue weighted by molar-refractivity contribution is 7.28. The van der Waals surface area contributed by atoms with Crippen LogP contribution in [0, 0.1) is 0 Å². The third-order valence-corrected chi connectivity index (χ3v) is 5.54. The van der Waals surface area contributed by atoms with Crippen LogP contribution in [0.4, 0.5) is 0 Å². The van der Waals surface area contributed by atoms with Crippen LogP contribution in [0.3, 0.4) is 0 Å². The highest BCUT2D eigenvalue weighted by Gasteiger charge is 2.21. The third kappa shape index (κ3) is 2.09. The molecule has 0 saturated carbocycles. The van der Waals surface area contributed by atoms with Crippen LogP contribution >= 0.6 is 22.7 Å². The number of rotatable bonds is 2. The molecule has 1 fully saturated rings. The second-order valence-corrected chi connectivity index (χ2v) is 6.79. The average Bonchev–Trinajstić information content (AvgIpc) is 3.14. The summed E-state index contributed by atoms with van der Waals surface area (Å²) in [5.41, 5.74) is 0. The quantitative estimate of drug-likeness (QED) is 0.785. The van der Waals surface area contributed by atoms with Crippen LogP contribution in [-0.4, -0.2) is 23.2 Å². The molecule has 0 amide bonds. The Balaban J connectivity index is 1.64. The number of thiophene rings is 2. The van der Waals surface area contributed by atoms with E-state index in [9.17, 15) is 0 Å². The summed E-state index contributed by atoms with van der Waals surface area (Å²) >= 11 is 3.46. The molecule has 4 rings (SSSR count). The van der Waals surface area contributed by atoms with Gasteiger partial charge in [-0.15, -0.1) is 22.7 Å². The maximum absolute atomic E-state index is 5.43. The Morgan fingerprint density at radius 3 is 3.21 bits per heavy atom. The van der Waals surface area contributed by atoms with E-state index in [4.69, 9.17) is 4.52 Å². The van der Waals surface area contributed by atoms with E-state index in [-0.39, 0.29) is 0 Å². The smallest absolute Gasteiger partial charge is 0.268 e. The van der Waals surface area contributed by atoms with E-state index in [2.05, 4.69) is 33.0 Å². The summed E-state index contributed by atoms with van der Waals surface area (Å²) in [6.07, 6.45) is 2.33. The third-order valence-electron chi connectivity index (χ3n) is 3.45. The number of nitrogens with zero attached hydrogens (tertiary/aromatic N) is 2. The zero-order chi connectivity index (χ0) is 12.7. The number of hydrogen-bond donors (Lipinski definition) is 1. The molecular weight excluding hydrogens is 278 g/mol. The minimum Gasteiger partial charge on any atom is -0.333 e. The van der Waals surface area contributed by atoms with Crippen LogP contribution < -0.4 is 5.32 Å². The van der Waals surface area contributed by atoms with Gasteiger partial charge in [-0.2, -0.15) is 4.98 Å². The van der Waals surface area contributed by atoms with Gasteiger partial charge in [0.1, 0.15) is 0 Å². The predicted molar refractivity (Wildman–Crippen MR) is 77.8 cm³/mol. The molecule has 0 spiro atoms. The molecular formula is C13H13N3OS2. The zero-order valence-corrected chi connectivity index (χ0v) is 11.9. The fourth-order valence-corrected chi connectivity index (χ4v) is 4.47. The van der Waals surface area contributed by atoms with Crippen LogP contribution in [0.15, 0.2) is 22.0 Å². The topological polar surface area (TPSA) is 51.0 Å².